The van der Waals surface area contributed by atoms with Crippen LogP contribution in [0.1, 0.15) is 44.6 Å². The van der Waals surface area contributed by atoms with Gasteiger partial charge in [-0.2, -0.15) is 0 Å². The smallest absolute Gasteiger partial charge is 0.223 e. The number of benzene rings is 1. The molecule has 1 aromatic rings. The zero-order valence-corrected chi connectivity index (χ0v) is 15.3. The van der Waals surface area contributed by atoms with E-state index in [-0.39, 0.29) is 18.3 Å². The van der Waals surface area contributed by atoms with Crippen molar-refractivity contribution in [1.29, 1.82) is 0 Å². The lowest BCUT2D eigenvalue weighted by atomic mass is 10.1. The van der Waals surface area contributed by atoms with E-state index in [9.17, 15) is 4.79 Å². The third-order valence-corrected chi connectivity index (χ3v) is 4.95. The van der Waals surface area contributed by atoms with Crippen LogP contribution in [0.15, 0.2) is 24.3 Å². The molecule has 0 radical (unpaired) electrons. The summed E-state index contributed by atoms with van der Waals surface area (Å²) in [6.45, 7) is 4.74. The third kappa shape index (κ3) is 5.12. The van der Waals surface area contributed by atoms with Crippen LogP contribution in [-0.2, 0) is 11.2 Å². The Kier molecular flexibility index (Phi) is 7.38. The van der Waals surface area contributed by atoms with Crippen molar-refractivity contribution in [3.63, 3.8) is 0 Å². The van der Waals surface area contributed by atoms with Crippen LogP contribution >= 0.6 is 12.4 Å². The fourth-order valence-electron chi connectivity index (χ4n) is 3.58. The normalized spacial score (nSPS) is 21.4. The lowest BCUT2D eigenvalue weighted by Gasteiger charge is -2.34. The Morgan fingerprint density at radius 1 is 1.33 bits per heavy atom. The van der Waals surface area contributed by atoms with Crippen LogP contribution in [0, 0.1) is 0 Å². The molecule has 0 spiro atoms. The molecular formula is C19H29ClN2O2. The maximum atomic E-state index is 12.4. The highest BCUT2D eigenvalue weighted by Crippen LogP contribution is 2.25. The fourth-order valence-corrected chi connectivity index (χ4v) is 3.58. The second kappa shape index (κ2) is 9.28. The van der Waals surface area contributed by atoms with Gasteiger partial charge in [0.2, 0.25) is 5.91 Å². The van der Waals surface area contributed by atoms with E-state index in [1.165, 1.54) is 31.2 Å². The first kappa shape index (κ1) is 19.1. The molecule has 1 heterocycles. The van der Waals surface area contributed by atoms with Gasteiger partial charge in [0.1, 0.15) is 5.75 Å². The van der Waals surface area contributed by atoms with Crippen LogP contribution < -0.4 is 10.1 Å². The highest BCUT2D eigenvalue weighted by molar-refractivity contribution is 5.85. The number of aryl methyl sites for hydroxylation is 1. The molecule has 24 heavy (non-hydrogen) atoms. The van der Waals surface area contributed by atoms with Gasteiger partial charge in [0, 0.05) is 32.1 Å². The van der Waals surface area contributed by atoms with Gasteiger partial charge in [-0.05, 0) is 56.7 Å². The SMILES string of the molecule is C[C@@H]1CNCCN1C(=O)CCc1cccc(OC2CCCC2)c1.Cl. The number of hydrogen-bond acceptors (Lipinski definition) is 3. The Morgan fingerprint density at radius 3 is 2.88 bits per heavy atom. The number of ether oxygens (including phenoxy) is 1. The molecule has 2 fully saturated rings. The van der Waals surface area contributed by atoms with E-state index >= 15 is 0 Å². The first-order chi connectivity index (χ1) is 11.2. The molecule has 3 rings (SSSR count). The molecule has 4 nitrogen and oxygen atoms in total. The Labute approximate surface area is 151 Å². The molecule has 1 atom stereocenters. The van der Waals surface area contributed by atoms with Crippen molar-refractivity contribution < 1.29 is 9.53 Å². The molecule has 1 aliphatic heterocycles. The zero-order valence-electron chi connectivity index (χ0n) is 14.5. The van der Waals surface area contributed by atoms with Gasteiger partial charge in [-0.15, -0.1) is 12.4 Å². The van der Waals surface area contributed by atoms with E-state index in [1.807, 2.05) is 17.0 Å². The molecule has 1 N–H and O–H groups in total. The standard InChI is InChI=1S/C19H28N2O2.ClH/c1-15-14-20-11-12-21(15)19(22)10-9-16-5-4-8-18(13-16)23-17-6-2-3-7-17;/h4-5,8,13,15,17,20H,2-3,6-7,9-12,14H2,1H3;1H/t15-;/m1./s1. The summed E-state index contributed by atoms with van der Waals surface area (Å²) in [5.74, 6) is 1.22. The number of nitrogens with zero attached hydrogens (tertiary/aromatic N) is 1. The number of rotatable bonds is 5. The third-order valence-electron chi connectivity index (χ3n) is 4.95. The number of halogens is 1. The molecule has 5 heteroatoms. The fraction of sp³-hybridized carbons (Fsp3) is 0.632. The summed E-state index contributed by atoms with van der Waals surface area (Å²) in [5.41, 5.74) is 1.19. The van der Waals surface area contributed by atoms with E-state index in [2.05, 4.69) is 24.4 Å². The Balaban J connectivity index is 0.00000208. The maximum absolute atomic E-state index is 12.4. The van der Waals surface area contributed by atoms with Crippen molar-refractivity contribution in [2.45, 2.75) is 57.6 Å². The quantitative estimate of drug-likeness (QED) is 0.884. The molecule has 1 aromatic carbocycles. The van der Waals surface area contributed by atoms with Crippen LogP contribution in [0.2, 0.25) is 0 Å². The van der Waals surface area contributed by atoms with Crippen LogP contribution in [-0.4, -0.2) is 42.6 Å². The van der Waals surface area contributed by atoms with Crippen molar-refractivity contribution in [2.24, 2.45) is 0 Å². The van der Waals surface area contributed by atoms with Gasteiger partial charge in [-0.3, -0.25) is 4.79 Å². The van der Waals surface area contributed by atoms with Gasteiger partial charge >= 0.3 is 0 Å². The summed E-state index contributed by atoms with van der Waals surface area (Å²) >= 11 is 0. The van der Waals surface area contributed by atoms with E-state index in [1.54, 1.807) is 0 Å². The molecule has 1 saturated heterocycles. The molecule has 1 saturated carbocycles. The van der Waals surface area contributed by atoms with E-state index in [4.69, 9.17) is 4.74 Å². The van der Waals surface area contributed by atoms with Crippen LogP contribution in [0.5, 0.6) is 5.75 Å². The monoisotopic (exact) mass is 352 g/mol. The molecule has 0 unspecified atom stereocenters. The molecule has 0 aromatic heterocycles. The number of nitrogens with one attached hydrogen (secondary N) is 1. The second-order valence-electron chi connectivity index (χ2n) is 6.81. The predicted molar refractivity (Wildman–Crippen MR) is 98.9 cm³/mol. The van der Waals surface area contributed by atoms with Crippen LogP contribution in [0.25, 0.3) is 0 Å². The molecule has 0 bridgehead atoms. The Hall–Kier alpha value is -1.26. The summed E-state index contributed by atoms with van der Waals surface area (Å²) < 4.78 is 6.05. The van der Waals surface area contributed by atoms with Crippen LogP contribution in [0.3, 0.4) is 0 Å². The largest absolute Gasteiger partial charge is 0.490 e. The first-order valence-electron chi connectivity index (χ1n) is 8.98. The second-order valence-corrected chi connectivity index (χ2v) is 6.81. The number of carbonyl (C=O) groups is 1. The summed E-state index contributed by atoms with van der Waals surface area (Å²) in [6, 6.07) is 8.57. The zero-order chi connectivity index (χ0) is 16.1. The number of hydrogen-bond donors (Lipinski definition) is 1. The van der Waals surface area contributed by atoms with Gasteiger partial charge in [0.15, 0.2) is 0 Å². The van der Waals surface area contributed by atoms with Crippen molar-refractivity contribution in [1.82, 2.24) is 10.2 Å². The lowest BCUT2D eigenvalue weighted by molar-refractivity contribution is -0.133. The number of amides is 1. The summed E-state index contributed by atoms with van der Waals surface area (Å²) in [6.07, 6.45) is 6.65. The topological polar surface area (TPSA) is 41.6 Å². The van der Waals surface area contributed by atoms with Gasteiger partial charge in [-0.25, -0.2) is 0 Å². The average molecular weight is 353 g/mol. The minimum absolute atomic E-state index is 0. The van der Waals surface area contributed by atoms with Gasteiger partial charge < -0.3 is 15.0 Å². The van der Waals surface area contributed by atoms with Gasteiger partial charge in [-0.1, -0.05) is 12.1 Å². The Morgan fingerprint density at radius 2 is 2.12 bits per heavy atom. The highest BCUT2D eigenvalue weighted by Gasteiger charge is 2.22. The minimum Gasteiger partial charge on any atom is -0.490 e. The highest BCUT2D eigenvalue weighted by atomic mass is 35.5. The summed E-state index contributed by atoms with van der Waals surface area (Å²) in [4.78, 5) is 14.4. The molecule has 1 amide bonds. The van der Waals surface area contributed by atoms with Crippen molar-refractivity contribution in [2.75, 3.05) is 19.6 Å². The maximum Gasteiger partial charge on any atom is 0.223 e. The molecular weight excluding hydrogens is 324 g/mol. The molecule has 134 valence electrons. The van der Waals surface area contributed by atoms with E-state index < -0.39 is 0 Å². The predicted octanol–water partition coefficient (Wildman–Crippen LogP) is 3.18. The van der Waals surface area contributed by atoms with Crippen molar-refractivity contribution in [3.8, 4) is 5.75 Å². The lowest BCUT2D eigenvalue weighted by Crippen LogP contribution is -2.52. The van der Waals surface area contributed by atoms with E-state index in [0.717, 1.165) is 31.8 Å². The number of carbonyl (C=O) groups excluding carboxylic acids is 1. The van der Waals surface area contributed by atoms with Gasteiger partial charge in [0.05, 0.1) is 6.10 Å². The van der Waals surface area contributed by atoms with Crippen molar-refractivity contribution >= 4 is 18.3 Å². The molecule has 1 aliphatic carbocycles. The first-order valence-corrected chi connectivity index (χ1v) is 8.98. The van der Waals surface area contributed by atoms with E-state index in [0.29, 0.717) is 18.6 Å². The summed E-state index contributed by atoms with van der Waals surface area (Å²) in [7, 11) is 0. The molecule has 2 aliphatic rings. The van der Waals surface area contributed by atoms with Gasteiger partial charge in [0.25, 0.3) is 0 Å². The number of piperazine rings is 1. The Bertz CT molecular complexity index is 532. The minimum atomic E-state index is 0. The average Bonchev–Trinajstić information content (AvgIpc) is 3.06. The van der Waals surface area contributed by atoms with Crippen LogP contribution in [0.4, 0.5) is 0 Å². The summed E-state index contributed by atoms with van der Waals surface area (Å²) in [5, 5.41) is 3.32. The van der Waals surface area contributed by atoms with Crippen molar-refractivity contribution in [3.05, 3.63) is 29.8 Å².